The maximum Gasteiger partial charge on any atom is 0.253 e. The Labute approximate surface area is 196 Å². The van der Waals surface area contributed by atoms with E-state index < -0.39 is 0 Å². The molecule has 4 N–H and O–H groups in total. The van der Waals surface area contributed by atoms with Crippen LogP contribution in [0.3, 0.4) is 0 Å². The lowest BCUT2D eigenvalue weighted by atomic mass is 10.0. The van der Waals surface area contributed by atoms with Crippen LogP contribution in [0.25, 0.3) is 44.3 Å². The Morgan fingerprint density at radius 2 is 1.82 bits per heavy atom. The summed E-state index contributed by atoms with van der Waals surface area (Å²) in [5, 5.41) is 8.95. The topological polar surface area (TPSA) is 107 Å². The summed E-state index contributed by atoms with van der Waals surface area (Å²) in [5.74, 6) is 0.564. The third-order valence-electron chi connectivity index (χ3n) is 6.65. The van der Waals surface area contributed by atoms with E-state index in [0.29, 0.717) is 11.4 Å². The van der Waals surface area contributed by atoms with Crippen LogP contribution in [-0.4, -0.2) is 69.1 Å². The highest BCUT2D eigenvalue weighted by Gasteiger charge is 2.21. The summed E-state index contributed by atoms with van der Waals surface area (Å²) in [6, 6.07) is 18.0. The van der Waals surface area contributed by atoms with E-state index >= 15 is 0 Å². The van der Waals surface area contributed by atoms with Gasteiger partial charge in [0.25, 0.3) is 5.91 Å². The van der Waals surface area contributed by atoms with Crippen LogP contribution in [0.4, 0.5) is 5.82 Å². The summed E-state index contributed by atoms with van der Waals surface area (Å²) in [6.07, 6.45) is 1.80. The number of likely N-dealkylation sites (N-methyl/N-ethyl adjacent to an activating group) is 1. The molecule has 1 saturated heterocycles. The summed E-state index contributed by atoms with van der Waals surface area (Å²) in [5.41, 5.74) is 12.4. The van der Waals surface area contributed by atoms with E-state index in [1.165, 1.54) is 0 Å². The van der Waals surface area contributed by atoms with Gasteiger partial charge in [-0.15, -0.1) is 0 Å². The van der Waals surface area contributed by atoms with Crippen LogP contribution >= 0.6 is 0 Å². The quantitative estimate of drug-likeness (QED) is 0.387. The van der Waals surface area contributed by atoms with Gasteiger partial charge in [0.2, 0.25) is 0 Å². The number of amides is 1. The molecule has 0 spiro atoms. The first-order valence-electron chi connectivity index (χ1n) is 11.4. The molecule has 1 amide bonds. The Morgan fingerprint density at radius 1 is 0.971 bits per heavy atom. The monoisotopic (exact) mass is 451 g/mol. The zero-order chi connectivity index (χ0) is 23.2. The second-order valence-electron chi connectivity index (χ2n) is 8.85. The fourth-order valence-corrected chi connectivity index (χ4v) is 4.65. The Hall–Kier alpha value is -4.17. The molecule has 8 nitrogen and oxygen atoms in total. The number of carbonyl (C=O) groups excluding carboxylic acids is 1. The standard InChI is InChI=1S/C26H25N7O/c1-32-9-11-33(12-10-32)26(34)18-4-2-3-17(13-18)23-15-20-19(7-8-28-25(20)29-23)16-5-6-22-21(14-16)24(27)31-30-22/h2-8,13-15H,9-12H2,1H3,(H,28,29)(H3,27,30,31). The molecule has 170 valence electrons. The molecule has 2 aromatic carbocycles. The Balaban J connectivity index is 1.37. The molecule has 0 aliphatic carbocycles. The smallest absolute Gasteiger partial charge is 0.253 e. The lowest BCUT2D eigenvalue weighted by molar-refractivity contribution is 0.0664. The highest BCUT2D eigenvalue weighted by atomic mass is 16.2. The SMILES string of the molecule is CN1CCN(C(=O)c2cccc(-c3cc4c(-c5ccc6[nH]nc(N)c6c5)ccnc4[nH]3)c2)CC1. The first kappa shape index (κ1) is 20.4. The average molecular weight is 452 g/mol. The first-order valence-corrected chi connectivity index (χ1v) is 11.4. The number of nitrogen functional groups attached to an aromatic ring is 1. The van der Waals surface area contributed by atoms with Gasteiger partial charge in [0.05, 0.1) is 5.52 Å². The number of pyridine rings is 1. The summed E-state index contributed by atoms with van der Waals surface area (Å²) in [4.78, 5) is 25.2. The lowest BCUT2D eigenvalue weighted by Crippen LogP contribution is -2.47. The number of carbonyl (C=O) groups is 1. The number of hydrogen-bond donors (Lipinski definition) is 3. The van der Waals surface area contributed by atoms with Crippen LogP contribution in [0.15, 0.2) is 60.8 Å². The number of anilines is 1. The molecular weight excluding hydrogens is 426 g/mol. The normalized spacial score (nSPS) is 14.8. The van der Waals surface area contributed by atoms with E-state index in [-0.39, 0.29) is 5.91 Å². The number of piperazine rings is 1. The molecule has 0 radical (unpaired) electrons. The predicted octanol–water partition coefficient (Wildman–Crippen LogP) is 3.74. The number of aromatic nitrogens is 4. The van der Waals surface area contributed by atoms with Crippen molar-refractivity contribution in [3.8, 4) is 22.4 Å². The van der Waals surface area contributed by atoms with Crippen molar-refractivity contribution in [2.45, 2.75) is 0 Å². The van der Waals surface area contributed by atoms with Crippen molar-refractivity contribution in [3.05, 3.63) is 66.4 Å². The number of fused-ring (bicyclic) bond motifs is 2. The third-order valence-corrected chi connectivity index (χ3v) is 6.65. The molecule has 4 heterocycles. The molecule has 0 atom stereocenters. The van der Waals surface area contributed by atoms with Crippen LogP contribution in [0.2, 0.25) is 0 Å². The number of nitrogens with two attached hydrogens (primary N) is 1. The van der Waals surface area contributed by atoms with Crippen molar-refractivity contribution < 1.29 is 4.79 Å². The molecule has 0 saturated carbocycles. The van der Waals surface area contributed by atoms with Crippen molar-refractivity contribution in [1.29, 1.82) is 0 Å². The van der Waals surface area contributed by atoms with Gasteiger partial charge in [-0.25, -0.2) is 4.98 Å². The minimum absolute atomic E-state index is 0.0795. The minimum atomic E-state index is 0.0795. The van der Waals surface area contributed by atoms with Gasteiger partial charge >= 0.3 is 0 Å². The number of aromatic amines is 2. The van der Waals surface area contributed by atoms with Gasteiger partial charge in [0.15, 0.2) is 5.82 Å². The maximum absolute atomic E-state index is 13.1. The van der Waals surface area contributed by atoms with Crippen molar-refractivity contribution in [2.24, 2.45) is 0 Å². The lowest BCUT2D eigenvalue weighted by Gasteiger charge is -2.32. The van der Waals surface area contributed by atoms with Crippen molar-refractivity contribution in [3.63, 3.8) is 0 Å². The van der Waals surface area contributed by atoms with E-state index in [9.17, 15) is 4.79 Å². The number of hydrogen-bond acceptors (Lipinski definition) is 5. The Kier molecular flexibility index (Phi) is 4.81. The minimum Gasteiger partial charge on any atom is -0.382 e. The average Bonchev–Trinajstić information content (AvgIpc) is 3.47. The van der Waals surface area contributed by atoms with E-state index in [2.05, 4.69) is 44.2 Å². The van der Waals surface area contributed by atoms with Crippen LogP contribution in [-0.2, 0) is 0 Å². The molecule has 5 aromatic rings. The molecule has 0 unspecified atom stereocenters. The van der Waals surface area contributed by atoms with Crippen molar-refractivity contribution in [1.82, 2.24) is 30.0 Å². The van der Waals surface area contributed by atoms with Gasteiger partial charge in [-0.1, -0.05) is 18.2 Å². The largest absolute Gasteiger partial charge is 0.382 e. The van der Waals surface area contributed by atoms with Gasteiger partial charge in [0, 0.05) is 54.4 Å². The predicted molar refractivity (Wildman–Crippen MR) is 134 cm³/mol. The Bertz CT molecular complexity index is 1530. The number of rotatable bonds is 3. The zero-order valence-corrected chi connectivity index (χ0v) is 18.9. The fraction of sp³-hybridized carbons (Fsp3) is 0.192. The highest BCUT2D eigenvalue weighted by molar-refractivity contribution is 6.00. The Morgan fingerprint density at radius 3 is 2.68 bits per heavy atom. The molecule has 3 aromatic heterocycles. The van der Waals surface area contributed by atoms with Crippen molar-refractivity contribution >= 4 is 33.7 Å². The van der Waals surface area contributed by atoms with Gasteiger partial charge < -0.3 is 20.5 Å². The van der Waals surface area contributed by atoms with Crippen molar-refractivity contribution in [2.75, 3.05) is 39.0 Å². The summed E-state index contributed by atoms with van der Waals surface area (Å²) in [6.45, 7) is 3.31. The van der Waals surface area contributed by atoms with E-state index in [4.69, 9.17) is 5.73 Å². The first-order chi connectivity index (χ1) is 16.6. The van der Waals surface area contributed by atoms with E-state index in [1.807, 2.05) is 47.4 Å². The summed E-state index contributed by atoms with van der Waals surface area (Å²) in [7, 11) is 2.09. The molecule has 1 aliphatic rings. The number of nitrogens with one attached hydrogen (secondary N) is 2. The molecule has 8 heteroatoms. The van der Waals surface area contributed by atoms with Crippen LogP contribution in [0, 0.1) is 0 Å². The fourth-order valence-electron chi connectivity index (χ4n) is 4.65. The number of nitrogens with zero attached hydrogens (tertiary/aromatic N) is 4. The molecule has 1 fully saturated rings. The number of benzene rings is 2. The van der Waals surface area contributed by atoms with Crippen LogP contribution in [0.5, 0.6) is 0 Å². The molecular formula is C26H25N7O. The van der Waals surface area contributed by atoms with E-state index in [0.717, 1.165) is 70.5 Å². The van der Waals surface area contributed by atoms with Gasteiger partial charge in [-0.2, -0.15) is 5.10 Å². The summed E-state index contributed by atoms with van der Waals surface area (Å²) < 4.78 is 0. The van der Waals surface area contributed by atoms with Crippen LogP contribution in [0.1, 0.15) is 10.4 Å². The van der Waals surface area contributed by atoms with Crippen LogP contribution < -0.4 is 5.73 Å². The molecule has 34 heavy (non-hydrogen) atoms. The number of H-pyrrole nitrogens is 2. The van der Waals surface area contributed by atoms with E-state index in [1.54, 1.807) is 6.20 Å². The highest BCUT2D eigenvalue weighted by Crippen LogP contribution is 2.33. The second-order valence-corrected chi connectivity index (χ2v) is 8.85. The van der Waals surface area contributed by atoms with Gasteiger partial charge in [-0.05, 0) is 60.1 Å². The van der Waals surface area contributed by atoms with Gasteiger partial charge in [0.1, 0.15) is 5.65 Å². The maximum atomic E-state index is 13.1. The zero-order valence-electron chi connectivity index (χ0n) is 18.9. The molecule has 1 aliphatic heterocycles. The molecule has 6 rings (SSSR count). The van der Waals surface area contributed by atoms with Gasteiger partial charge in [-0.3, -0.25) is 9.89 Å². The molecule has 0 bridgehead atoms. The summed E-state index contributed by atoms with van der Waals surface area (Å²) >= 11 is 0. The third kappa shape index (κ3) is 3.48. The second kappa shape index (κ2) is 8.00.